The average Bonchev–Trinajstić information content (AvgIpc) is 2.19. The van der Waals surface area contributed by atoms with E-state index in [1.54, 1.807) is 0 Å². The summed E-state index contributed by atoms with van der Waals surface area (Å²) in [5, 5.41) is 3.44. The minimum Gasteiger partial charge on any atom is -0.317 e. The van der Waals surface area contributed by atoms with Gasteiger partial charge in [0, 0.05) is 0 Å². The summed E-state index contributed by atoms with van der Waals surface area (Å²) < 4.78 is 0. The lowest BCUT2D eigenvalue weighted by Gasteiger charge is -2.30. The molecule has 1 saturated carbocycles. The van der Waals surface area contributed by atoms with Gasteiger partial charge in [-0.15, -0.1) is 0 Å². The predicted octanol–water partition coefficient (Wildman–Crippen LogP) is 3.20. The van der Waals surface area contributed by atoms with Crippen molar-refractivity contribution >= 4 is 0 Å². The topological polar surface area (TPSA) is 12.0 Å². The van der Waals surface area contributed by atoms with Crippen LogP contribution >= 0.6 is 0 Å². The molecule has 2 atom stereocenters. The van der Waals surface area contributed by atoms with Gasteiger partial charge in [0.25, 0.3) is 0 Å². The van der Waals surface area contributed by atoms with E-state index in [-0.39, 0.29) is 0 Å². The summed E-state index contributed by atoms with van der Waals surface area (Å²) in [4.78, 5) is 0. The first kappa shape index (κ1) is 11.0. The van der Waals surface area contributed by atoms with Crippen molar-refractivity contribution in [3.8, 4) is 0 Å². The second-order valence-electron chi connectivity index (χ2n) is 4.36. The molecule has 1 nitrogen and oxygen atoms in total. The fourth-order valence-corrected chi connectivity index (χ4v) is 2.67. The van der Waals surface area contributed by atoms with Crippen LogP contribution in [0.25, 0.3) is 0 Å². The highest BCUT2D eigenvalue weighted by Crippen LogP contribution is 2.33. The Morgan fingerprint density at radius 3 is 2.38 bits per heavy atom. The fourth-order valence-electron chi connectivity index (χ4n) is 2.67. The number of hydrogen-bond donors (Lipinski definition) is 1. The van der Waals surface area contributed by atoms with Crippen molar-refractivity contribution in [2.75, 3.05) is 13.1 Å². The summed E-state index contributed by atoms with van der Waals surface area (Å²) in [6.07, 6.45) is 8.75. The maximum Gasteiger partial charge on any atom is -0.00463 e. The highest BCUT2D eigenvalue weighted by Gasteiger charge is 2.22. The van der Waals surface area contributed by atoms with Gasteiger partial charge in [-0.25, -0.2) is 0 Å². The Morgan fingerprint density at radius 2 is 1.77 bits per heavy atom. The molecular weight excluding hydrogens is 158 g/mol. The molecule has 78 valence electrons. The van der Waals surface area contributed by atoms with Crippen molar-refractivity contribution in [2.24, 2.45) is 11.8 Å². The zero-order valence-corrected chi connectivity index (χ0v) is 9.31. The summed E-state index contributed by atoms with van der Waals surface area (Å²) in [6, 6.07) is 0. The first-order valence-electron chi connectivity index (χ1n) is 6.09. The monoisotopic (exact) mass is 183 g/mol. The van der Waals surface area contributed by atoms with Crippen molar-refractivity contribution in [1.29, 1.82) is 0 Å². The van der Waals surface area contributed by atoms with Gasteiger partial charge in [0.15, 0.2) is 0 Å². The third kappa shape index (κ3) is 3.68. The summed E-state index contributed by atoms with van der Waals surface area (Å²) in [6.45, 7) is 6.91. The van der Waals surface area contributed by atoms with Gasteiger partial charge in [-0.1, -0.05) is 46.0 Å². The molecule has 0 heterocycles. The van der Waals surface area contributed by atoms with Gasteiger partial charge in [-0.05, 0) is 31.3 Å². The van der Waals surface area contributed by atoms with E-state index in [9.17, 15) is 0 Å². The first-order chi connectivity index (χ1) is 6.38. The molecule has 0 saturated heterocycles. The largest absolute Gasteiger partial charge is 0.317 e. The summed E-state index contributed by atoms with van der Waals surface area (Å²) in [7, 11) is 0. The summed E-state index contributed by atoms with van der Waals surface area (Å²) >= 11 is 0. The molecule has 0 radical (unpaired) electrons. The van der Waals surface area contributed by atoms with Crippen molar-refractivity contribution in [3.05, 3.63) is 0 Å². The predicted molar refractivity (Wildman–Crippen MR) is 58.9 cm³/mol. The molecule has 1 aliphatic rings. The molecule has 1 fully saturated rings. The smallest absolute Gasteiger partial charge is 0.00463 e. The number of rotatable bonds is 5. The molecule has 1 N–H and O–H groups in total. The third-order valence-corrected chi connectivity index (χ3v) is 3.53. The molecule has 1 heteroatoms. The Balaban J connectivity index is 2.19. The molecule has 0 bridgehead atoms. The maximum absolute atomic E-state index is 3.44. The molecule has 0 amide bonds. The van der Waals surface area contributed by atoms with Crippen LogP contribution in [0.3, 0.4) is 0 Å². The van der Waals surface area contributed by atoms with E-state index in [1.807, 2.05) is 0 Å². The van der Waals surface area contributed by atoms with Gasteiger partial charge in [0.2, 0.25) is 0 Å². The number of hydrogen-bond acceptors (Lipinski definition) is 1. The highest BCUT2D eigenvalue weighted by molar-refractivity contribution is 4.74. The van der Waals surface area contributed by atoms with Crippen molar-refractivity contribution in [2.45, 2.75) is 52.4 Å². The molecule has 0 aliphatic heterocycles. The van der Waals surface area contributed by atoms with E-state index in [1.165, 1.54) is 45.1 Å². The normalized spacial score (nSPS) is 29.1. The zero-order chi connectivity index (χ0) is 9.52. The molecule has 1 rings (SSSR count). The lowest BCUT2D eigenvalue weighted by molar-refractivity contribution is 0.217. The SMILES string of the molecule is CCNCCC1CCCCC1CC. The van der Waals surface area contributed by atoms with Crippen LogP contribution < -0.4 is 5.32 Å². The van der Waals surface area contributed by atoms with Crippen molar-refractivity contribution < 1.29 is 0 Å². The summed E-state index contributed by atoms with van der Waals surface area (Å²) in [5.41, 5.74) is 0. The minimum absolute atomic E-state index is 1.03. The molecule has 0 aromatic rings. The molecule has 13 heavy (non-hydrogen) atoms. The molecule has 2 unspecified atom stereocenters. The van der Waals surface area contributed by atoms with Gasteiger partial charge >= 0.3 is 0 Å². The quantitative estimate of drug-likeness (QED) is 0.645. The van der Waals surface area contributed by atoms with Crippen LogP contribution in [0.5, 0.6) is 0 Å². The van der Waals surface area contributed by atoms with Crippen LogP contribution in [0, 0.1) is 11.8 Å². The zero-order valence-electron chi connectivity index (χ0n) is 9.31. The minimum atomic E-state index is 1.03. The van der Waals surface area contributed by atoms with Gasteiger partial charge in [0.05, 0.1) is 0 Å². The molecule has 0 aromatic heterocycles. The molecular formula is C12H25N. The van der Waals surface area contributed by atoms with E-state index in [0.717, 1.165) is 18.4 Å². The van der Waals surface area contributed by atoms with Gasteiger partial charge in [-0.2, -0.15) is 0 Å². The Kier molecular flexibility index (Phi) is 5.45. The van der Waals surface area contributed by atoms with E-state index in [4.69, 9.17) is 0 Å². The van der Waals surface area contributed by atoms with E-state index in [0.29, 0.717) is 0 Å². The van der Waals surface area contributed by atoms with Crippen molar-refractivity contribution in [3.63, 3.8) is 0 Å². The second kappa shape index (κ2) is 6.42. The highest BCUT2D eigenvalue weighted by atomic mass is 14.8. The van der Waals surface area contributed by atoms with Crippen molar-refractivity contribution in [1.82, 2.24) is 5.32 Å². The standard InChI is InChI=1S/C12H25N/c1-3-11-7-5-6-8-12(11)9-10-13-4-2/h11-13H,3-10H2,1-2H3. The Labute approximate surface area is 83.3 Å². The molecule has 0 aromatic carbocycles. The van der Waals surface area contributed by atoms with Crippen LogP contribution in [0.1, 0.15) is 52.4 Å². The van der Waals surface area contributed by atoms with Crippen LogP contribution in [0.2, 0.25) is 0 Å². The summed E-state index contributed by atoms with van der Waals surface area (Å²) in [5.74, 6) is 2.06. The lowest BCUT2D eigenvalue weighted by atomic mass is 9.76. The van der Waals surface area contributed by atoms with E-state index in [2.05, 4.69) is 19.2 Å². The molecule has 1 aliphatic carbocycles. The Morgan fingerprint density at radius 1 is 1.08 bits per heavy atom. The fraction of sp³-hybridized carbons (Fsp3) is 1.00. The molecule has 0 spiro atoms. The van der Waals surface area contributed by atoms with Gasteiger partial charge in [-0.3, -0.25) is 0 Å². The van der Waals surface area contributed by atoms with E-state index < -0.39 is 0 Å². The first-order valence-corrected chi connectivity index (χ1v) is 6.09. The Hall–Kier alpha value is -0.0400. The van der Waals surface area contributed by atoms with E-state index >= 15 is 0 Å². The van der Waals surface area contributed by atoms with Crippen LogP contribution in [-0.4, -0.2) is 13.1 Å². The van der Waals surface area contributed by atoms with Crippen LogP contribution in [-0.2, 0) is 0 Å². The van der Waals surface area contributed by atoms with Gasteiger partial charge < -0.3 is 5.32 Å². The third-order valence-electron chi connectivity index (χ3n) is 3.53. The number of nitrogens with one attached hydrogen (secondary N) is 1. The van der Waals surface area contributed by atoms with Gasteiger partial charge in [0.1, 0.15) is 0 Å². The second-order valence-corrected chi connectivity index (χ2v) is 4.36. The average molecular weight is 183 g/mol. The Bertz CT molecular complexity index is 122. The van der Waals surface area contributed by atoms with Crippen LogP contribution in [0.15, 0.2) is 0 Å². The van der Waals surface area contributed by atoms with Crippen LogP contribution in [0.4, 0.5) is 0 Å². The lowest BCUT2D eigenvalue weighted by Crippen LogP contribution is -2.24. The maximum atomic E-state index is 3.44.